The number of carbonyl (C=O) groups is 1. The second-order valence-corrected chi connectivity index (χ2v) is 5.72. The minimum absolute atomic E-state index is 0.0459. The molecule has 3 rings (SSSR count). The zero-order chi connectivity index (χ0) is 12.5. The van der Waals surface area contributed by atoms with E-state index in [1.807, 2.05) is 30.3 Å². The van der Waals surface area contributed by atoms with Crippen molar-refractivity contribution in [1.29, 1.82) is 0 Å². The zero-order valence-electron chi connectivity index (χ0n) is 9.95. The third-order valence-electron chi connectivity index (χ3n) is 3.50. The molecule has 0 aliphatic heterocycles. The minimum atomic E-state index is 0.0459. The van der Waals surface area contributed by atoms with Gasteiger partial charge in [0.05, 0.1) is 0 Å². The minimum Gasteiger partial charge on any atom is -0.349 e. The average Bonchev–Trinajstić information content (AvgIpc) is 2.33. The Morgan fingerprint density at radius 1 is 1.11 bits per heavy atom. The van der Waals surface area contributed by atoms with Crippen LogP contribution < -0.4 is 5.32 Å². The number of hydrogen-bond acceptors (Lipinski definition) is 1. The Hall–Kier alpha value is -1.35. The first-order chi connectivity index (χ1) is 8.72. The highest BCUT2D eigenvalue weighted by atomic mass is 79.9. The van der Waals surface area contributed by atoms with Crippen molar-refractivity contribution in [3.8, 4) is 0 Å². The van der Waals surface area contributed by atoms with Crippen LogP contribution in [0.3, 0.4) is 0 Å². The lowest BCUT2D eigenvalue weighted by Gasteiger charge is -2.26. The van der Waals surface area contributed by atoms with E-state index in [0.717, 1.165) is 33.7 Å². The summed E-state index contributed by atoms with van der Waals surface area (Å²) in [6.07, 6.45) is 3.47. The maximum absolute atomic E-state index is 12.0. The molecule has 1 aliphatic rings. The molecule has 2 aromatic carbocycles. The molecule has 1 N–H and O–H groups in total. The van der Waals surface area contributed by atoms with Crippen LogP contribution in [0.2, 0.25) is 0 Å². The Bertz CT molecular complexity index is 604. The average molecular weight is 304 g/mol. The molecule has 92 valence electrons. The second-order valence-electron chi connectivity index (χ2n) is 4.81. The SMILES string of the molecule is O=C(NC1CCC1)c1ccc2cc(Br)ccc2c1. The van der Waals surface area contributed by atoms with Gasteiger partial charge in [0.25, 0.3) is 5.91 Å². The highest BCUT2D eigenvalue weighted by Crippen LogP contribution is 2.22. The van der Waals surface area contributed by atoms with Gasteiger partial charge in [-0.05, 0) is 54.3 Å². The van der Waals surface area contributed by atoms with E-state index in [9.17, 15) is 4.79 Å². The lowest BCUT2D eigenvalue weighted by atomic mass is 9.93. The van der Waals surface area contributed by atoms with Crippen LogP contribution >= 0.6 is 15.9 Å². The smallest absolute Gasteiger partial charge is 0.251 e. The van der Waals surface area contributed by atoms with Gasteiger partial charge in [-0.3, -0.25) is 4.79 Å². The van der Waals surface area contributed by atoms with E-state index in [0.29, 0.717) is 6.04 Å². The van der Waals surface area contributed by atoms with Crippen molar-refractivity contribution in [2.45, 2.75) is 25.3 Å². The second kappa shape index (κ2) is 4.73. The van der Waals surface area contributed by atoms with Gasteiger partial charge in [0.1, 0.15) is 0 Å². The summed E-state index contributed by atoms with van der Waals surface area (Å²) in [6, 6.07) is 12.3. The number of halogens is 1. The molecular formula is C15H14BrNO. The third-order valence-corrected chi connectivity index (χ3v) is 4.00. The first kappa shape index (κ1) is 11.7. The first-order valence-electron chi connectivity index (χ1n) is 6.22. The fourth-order valence-corrected chi connectivity index (χ4v) is 2.56. The Morgan fingerprint density at radius 2 is 1.83 bits per heavy atom. The van der Waals surface area contributed by atoms with Crippen LogP contribution in [-0.2, 0) is 0 Å². The predicted octanol–water partition coefficient (Wildman–Crippen LogP) is 3.88. The summed E-state index contributed by atoms with van der Waals surface area (Å²) in [4.78, 5) is 12.0. The number of rotatable bonds is 2. The van der Waals surface area contributed by atoms with E-state index in [1.165, 1.54) is 6.42 Å². The van der Waals surface area contributed by atoms with Crippen molar-refractivity contribution in [3.05, 3.63) is 46.4 Å². The summed E-state index contributed by atoms with van der Waals surface area (Å²) in [7, 11) is 0. The molecule has 0 heterocycles. The van der Waals surface area contributed by atoms with Crippen molar-refractivity contribution < 1.29 is 4.79 Å². The molecule has 0 radical (unpaired) electrons. The van der Waals surface area contributed by atoms with E-state index < -0.39 is 0 Å². The molecule has 1 fully saturated rings. The summed E-state index contributed by atoms with van der Waals surface area (Å²) in [5.74, 6) is 0.0459. The molecule has 1 amide bonds. The monoisotopic (exact) mass is 303 g/mol. The van der Waals surface area contributed by atoms with Crippen molar-refractivity contribution in [3.63, 3.8) is 0 Å². The molecule has 2 nitrogen and oxygen atoms in total. The molecule has 1 saturated carbocycles. The lowest BCUT2D eigenvalue weighted by Crippen LogP contribution is -2.39. The highest BCUT2D eigenvalue weighted by molar-refractivity contribution is 9.10. The quantitative estimate of drug-likeness (QED) is 0.896. The number of nitrogens with one attached hydrogen (secondary N) is 1. The van der Waals surface area contributed by atoms with Crippen LogP contribution in [0.4, 0.5) is 0 Å². The van der Waals surface area contributed by atoms with Crippen molar-refractivity contribution in [1.82, 2.24) is 5.32 Å². The number of carbonyl (C=O) groups excluding carboxylic acids is 1. The highest BCUT2D eigenvalue weighted by Gasteiger charge is 2.19. The van der Waals surface area contributed by atoms with Gasteiger partial charge < -0.3 is 5.32 Å². The van der Waals surface area contributed by atoms with Crippen LogP contribution in [0.1, 0.15) is 29.6 Å². The number of benzene rings is 2. The normalized spacial score (nSPS) is 15.4. The van der Waals surface area contributed by atoms with E-state index >= 15 is 0 Å². The first-order valence-corrected chi connectivity index (χ1v) is 7.02. The Kier molecular flexibility index (Phi) is 3.08. The van der Waals surface area contributed by atoms with Gasteiger partial charge in [-0.2, -0.15) is 0 Å². The molecule has 1 aliphatic carbocycles. The molecule has 0 unspecified atom stereocenters. The number of fused-ring (bicyclic) bond motifs is 1. The van der Waals surface area contributed by atoms with Gasteiger partial charge in [0.2, 0.25) is 0 Å². The van der Waals surface area contributed by atoms with Crippen LogP contribution in [0.25, 0.3) is 10.8 Å². The summed E-state index contributed by atoms with van der Waals surface area (Å²) >= 11 is 3.45. The van der Waals surface area contributed by atoms with Crippen molar-refractivity contribution >= 4 is 32.6 Å². The summed E-state index contributed by atoms with van der Waals surface area (Å²) in [5.41, 5.74) is 0.747. The van der Waals surface area contributed by atoms with Gasteiger partial charge in [-0.1, -0.05) is 28.1 Å². The van der Waals surface area contributed by atoms with Crippen molar-refractivity contribution in [2.75, 3.05) is 0 Å². The van der Waals surface area contributed by atoms with Crippen LogP contribution in [0, 0.1) is 0 Å². The van der Waals surface area contributed by atoms with Crippen molar-refractivity contribution in [2.24, 2.45) is 0 Å². The molecule has 2 aromatic rings. The molecule has 0 aromatic heterocycles. The standard InChI is InChI=1S/C15H14BrNO/c16-13-7-6-10-8-12(5-4-11(10)9-13)15(18)17-14-2-1-3-14/h4-9,14H,1-3H2,(H,17,18). The molecule has 3 heteroatoms. The summed E-state index contributed by atoms with van der Waals surface area (Å²) in [6.45, 7) is 0. The van der Waals surface area contributed by atoms with E-state index in [1.54, 1.807) is 0 Å². The summed E-state index contributed by atoms with van der Waals surface area (Å²) in [5, 5.41) is 5.30. The van der Waals surface area contributed by atoms with E-state index in [-0.39, 0.29) is 5.91 Å². The Labute approximate surface area is 115 Å². The number of amides is 1. The molecule has 0 saturated heterocycles. The largest absolute Gasteiger partial charge is 0.349 e. The van der Waals surface area contributed by atoms with E-state index in [4.69, 9.17) is 0 Å². The Morgan fingerprint density at radius 3 is 2.56 bits per heavy atom. The van der Waals surface area contributed by atoms with Crippen LogP contribution in [0.5, 0.6) is 0 Å². The molecule has 18 heavy (non-hydrogen) atoms. The summed E-state index contributed by atoms with van der Waals surface area (Å²) < 4.78 is 1.06. The van der Waals surface area contributed by atoms with Crippen LogP contribution in [0.15, 0.2) is 40.9 Å². The van der Waals surface area contributed by atoms with Crippen LogP contribution in [-0.4, -0.2) is 11.9 Å². The molecular weight excluding hydrogens is 290 g/mol. The van der Waals surface area contributed by atoms with Gasteiger partial charge in [-0.25, -0.2) is 0 Å². The topological polar surface area (TPSA) is 29.1 Å². The Balaban J connectivity index is 1.87. The lowest BCUT2D eigenvalue weighted by molar-refractivity contribution is 0.0917. The molecule has 0 bridgehead atoms. The van der Waals surface area contributed by atoms with Gasteiger partial charge in [0.15, 0.2) is 0 Å². The fraction of sp³-hybridized carbons (Fsp3) is 0.267. The maximum atomic E-state index is 12.0. The van der Waals surface area contributed by atoms with Gasteiger partial charge in [0, 0.05) is 16.1 Å². The fourth-order valence-electron chi connectivity index (χ4n) is 2.18. The van der Waals surface area contributed by atoms with E-state index in [2.05, 4.69) is 27.3 Å². The van der Waals surface area contributed by atoms with Gasteiger partial charge in [-0.15, -0.1) is 0 Å². The molecule has 0 spiro atoms. The maximum Gasteiger partial charge on any atom is 0.251 e. The number of hydrogen-bond donors (Lipinski definition) is 1. The third kappa shape index (κ3) is 2.27. The zero-order valence-corrected chi connectivity index (χ0v) is 11.5. The predicted molar refractivity (Wildman–Crippen MR) is 76.8 cm³/mol. The van der Waals surface area contributed by atoms with Gasteiger partial charge >= 0.3 is 0 Å². The molecule has 0 atom stereocenters.